The Morgan fingerprint density at radius 1 is 1.14 bits per heavy atom. The van der Waals surface area contributed by atoms with Gasteiger partial charge in [0.15, 0.2) is 5.82 Å². The van der Waals surface area contributed by atoms with Crippen molar-refractivity contribution >= 4 is 23.4 Å². The van der Waals surface area contributed by atoms with Crippen molar-refractivity contribution in [3.63, 3.8) is 0 Å². The number of hydrogen-bond acceptors (Lipinski definition) is 5. The maximum absolute atomic E-state index is 13.1. The van der Waals surface area contributed by atoms with Gasteiger partial charge in [0.1, 0.15) is 5.82 Å². The van der Waals surface area contributed by atoms with Crippen molar-refractivity contribution in [3.05, 3.63) is 60.6 Å². The van der Waals surface area contributed by atoms with Gasteiger partial charge >= 0.3 is 6.03 Å². The number of anilines is 3. The third-order valence-electron chi connectivity index (χ3n) is 5.26. The fourth-order valence-corrected chi connectivity index (χ4v) is 3.94. The van der Waals surface area contributed by atoms with E-state index in [4.69, 9.17) is 4.98 Å². The van der Waals surface area contributed by atoms with Gasteiger partial charge in [0.25, 0.3) is 0 Å². The Labute approximate surface area is 163 Å². The van der Waals surface area contributed by atoms with Gasteiger partial charge in [0, 0.05) is 36.7 Å². The van der Waals surface area contributed by atoms with Crippen LogP contribution in [0.2, 0.25) is 0 Å². The van der Waals surface area contributed by atoms with E-state index in [2.05, 4.69) is 26.3 Å². The number of nitrogens with zero attached hydrogens (tertiary/aromatic N) is 5. The fraction of sp³-hybridized carbons (Fsp3) is 0.238. The van der Waals surface area contributed by atoms with Gasteiger partial charge < -0.3 is 4.90 Å². The molecule has 0 aliphatic carbocycles. The van der Waals surface area contributed by atoms with E-state index in [0.717, 1.165) is 42.1 Å². The van der Waals surface area contributed by atoms with Gasteiger partial charge in [0.05, 0.1) is 17.4 Å². The number of urea groups is 1. The maximum atomic E-state index is 13.1. The Morgan fingerprint density at radius 2 is 2.07 bits per heavy atom. The van der Waals surface area contributed by atoms with Gasteiger partial charge in [-0.05, 0) is 49.7 Å². The van der Waals surface area contributed by atoms with Crippen LogP contribution in [0.5, 0.6) is 0 Å². The summed E-state index contributed by atoms with van der Waals surface area (Å²) in [6.45, 7) is 3.72. The monoisotopic (exact) mass is 372 g/mol. The second kappa shape index (κ2) is 6.60. The molecule has 5 rings (SSSR count). The average Bonchev–Trinajstić information content (AvgIpc) is 3.13. The summed E-state index contributed by atoms with van der Waals surface area (Å²) in [6, 6.07) is 13.4. The molecule has 140 valence electrons. The fourth-order valence-electron chi connectivity index (χ4n) is 3.94. The molecule has 2 aliphatic heterocycles. The molecule has 28 heavy (non-hydrogen) atoms. The molecule has 0 saturated carbocycles. The summed E-state index contributed by atoms with van der Waals surface area (Å²) in [6.07, 6.45) is 4.37. The summed E-state index contributed by atoms with van der Waals surface area (Å²) in [5.41, 5.74) is 3.76. The number of rotatable bonds is 2. The SMILES string of the molecule is Cc1cc(-c2ccc3c(n2)N(C(=O)Nc2ccccn2)[C@H]2CCN3C2)ccn1. The standard InChI is InChI=1S/C21H20N6O/c1-14-12-15(7-10-22-14)17-5-6-18-20(24-17)27(16-8-11-26(18)13-16)21(28)25-19-4-2-3-9-23-19/h2-7,9-10,12,16H,8,11,13H2,1H3,(H,23,25,28)/t16-/m0/s1. The topological polar surface area (TPSA) is 74.2 Å². The second-order valence-corrected chi connectivity index (χ2v) is 7.13. The van der Waals surface area contributed by atoms with E-state index >= 15 is 0 Å². The summed E-state index contributed by atoms with van der Waals surface area (Å²) in [5, 5.41) is 2.91. The lowest BCUT2D eigenvalue weighted by Crippen LogP contribution is -2.48. The minimum Gasteiger partial charge on any atom is -0.366 e. The van der Waals surface area contributed by atoms with Gasteiger partial charge in [-0.25, -0.2) is 14.8 Å². The third kappa shape index (κ3) is 2.85. The van der Waals surface area contributed by atoms with Gasteiger partial charge in [-0.2, -0.15) is 0 Å². The van der Waals surface area contributed by atoms with Crippen LogP contribution in [0.4, 0.5) is 22.1 Å². The first kappa shape index (κ1) is 16.7. The zero-order chi connectivity index (χ0) is 19.1. The number of nitrogens with one attached hydrogen (secondary N) is 1. The molecule has 1 atom stereocenters. The summed E-state index contributed by atoms with van der Waals surface area (Å²) in [7, 11) is 0. The molecule has 7 heteroatoms. The van der Waals surface area contributed by atoms with Crippen LogP contribution in [0, 0.1) is 6.92 Å². The number of carbonyl (C=O) groups excluding carboxylic acids is 1. The molecular weight excluding hydrogens is 352 g/mol. The minimum atomic E-state index is -0.193. The van der Waals surface area contributed by atoms with Crippen molar-refractivity contribution in [2.45, 2.75) is 19.4 Å². The van der Waals surface area contributed by atoms with Crippen molar-refractivity contribution in [3.8, 4) is 11.3 Å². The molecule has 0 unspecified atom stereocenters. The Kier molecular flexibility index (Phi) is 3.93. The molecule has 0 radical (unpaired) electrons. The van der Waals surface area contributed by atoms with E-state index in [0.29, 0.717) is 11.6 Å². The summed E-state index contributed by atoms with van der Waals surface area (Å²) in [5.74, 6) is 1.24. The van der Waals surface area contributed by atoms with Crippen LogP contribution >= 0.6 is 0 Å². The first-order valence-corrected chi connectivity index (χ1v) is 9.39. The number of aryl methyl sites for hydroxylation is 1. The van der Waals surface area contributed by atoms with E-state index in [1.165, 1.54) is 0 Å². The number of fused-ring (bicyclic) bond motifs is 4. The van der Waals surface area contributed by atoms with E-state index in [1.54, 1.807) is 23.4 Å². The lowest BCUT2D eigenvalue weighted by atomic mass is 10.1. The molecule has 1 N–H and O–H groups in total. The van der Waals surface area contributed by atoms with Crippen molar-refractivity contribution in [1.82, 2.24) is 15.0 Å². The average molecular weight is 372 g/mol. The van der Waals surface area contributed by atoms with Crippen LogP contribution in [-0.2, 0) is 0 Å². The highest BCUT2D eigenvalue weighted by molar-refractivity contribution is 6.04. The van der Waals surface area contributed by atoms with Crippen LogP contribution < -0.4 is 15.1 Å². The molecule has 2 bridgehead atoms. The molecule has 3 aromatic rings. The molecule has 7 nitrogen and oxygen atoms in total. The molecule has 0 aromatic carbocycles. The lowest BCUT2D eigenvalue weighted by Gasteiger charge is -2.35. The molecule has 5 heterocycles. The number of amides is 2. The van der Waals surface area contributed by atoms with Crippen molar-refractivity contribution in [1.29, 1.82) is 0 Å². The van der Waals surface area contributed by atoms with E-state index in [-0.39, 0.29) is 12.1 Å². The van der Waals surface area contributed by atoms with E-state index in [9.17, 15) is 4.79 Å². The zero-order valence-electron chi connectivity index (χ0n) is 15.5. The molecular formula is C21H20N6O. The first-order valence-electron chi connectivity index (χ1n) is 9.39. The zero-order valence-corrected chi connectivity index (χ0v) is 15.5. The Bertz CT molecular complexity index is 1040. The molecule has 0 spiro atoms. The molecule has 2 amide bonds. The maximum Gasteiger partial charge on any atom is 0.329 e. The highest BCUT2D eigenvalue weighted by Gasteiger charge is 2.40. The van der Waals surface area contributed by atoms with E-state index < -0.39 is 0 Å². The smallest absolute Gasteiger partial charge is 0.329 e. The van der Waals surface area contributed by atoms with Crippen LogP contribution in [0.25, 0.3) is 11.3 Å². The number of pyridine rings is 3. The minimum absolute atomic E-state index is 0.109. The molecule has 1 fully saturated rings. The number of aromatic nitrogens is 3. The number of hydrogen-bond donors (Lipinski definition) is 1. The van der Waals surface area contributed by atoms with Crippen molar-refractivity contribution < 1.29 is 4.79 Å². The van der Waals surface area contributed by atoms with Crippen LogP contribution in [0.3, 0.4) is 0 Å². The Balaban J connectivity index is 1.54. The largest absolute Gasteiger partial charge is 0.366 e. The molecule has 1 saturated heterocycles. The van der Waals surface area contributed by atoms with Gasteiger partial charge in [-0.15, -0.1) is 0 Å². The van der Waals surface area contributed by atoms with Crippen LogP contribution in [0.15, 0.2) is 54.9 Å². The Morgan fingerprint density at radius 3 is 2.89 bits per heavy atom. The number of carbonyl (C=O) groups is 1. The van der Waals surface area contributed by atoms with Crippen LogP contribution in [0.1, 0.15) is 12.1 Å². The summed E-state index contributed by atoms with van der Waals surface area (Å²) < 4.78 is 0. The summed E-state index contributed by atoms with van der Waals surface area (Å²) >= 11 is 0. The van der Waals surface area contributed by atoms with E-state index in [1.807, 2.05) is 37.3 Å². The lowest BCUT2D eigenvalue weighted by molar-refractivity contribution is 0.254. The third-order valence-corrected chi connectivity index (χ3v) is 5.26. The van der Waals surface area contributed by atoms with Crippen molar-refractivity contribution in [2.24, 2.45) is 0 Å². The summed E-state index contributed by atoms with van der Waals surface area (Å²) in [4.78, 5) is 30.6. The quantitative estimate of drug-likeness (QED) is 0.745. The van der Waals surface area contributed by atoms with Crippen LogP contribution in [-0.4, -0.2) is 40.1 Å². The van der Waals surface area contributed by atoms with Gasteiger partial charge in [-0.1, -0.05) is 6.07 Å². The molecule has 2 aliphatic rings. The Hall–Kier alpha value is -3.48. The highest BCUT2D eigenvalue weighted by Crippen LogP contribution is 2.40. The highest BCUT2D eigenvalue weighted by atomic mass is 16.2. The van der Waals surface area contributed by atoms with Crippen molar-refractivity contribution in [2.75, 3.05) is 28.2 Å². The second-order valence-electron chi connectivity index (χ2n) is 7.13. The first-order chi connectivity index (χ1) is 13.7. The normalized spacial score (nSPS) is 17.4. The van der Waals surface area contributed by atoms with Gasteiger partial charge in [0.2, 0.25) is 0 Å². The predicted molar refractivity (Wildman–Crippen MR) is 109 cm³/mol. The predicted octanol–water partition coefficient (Wildman–Crippen LogP) is 3.48. The molecule has 3 aromatic heterocycles. The van der Waals surface area contributed by atoms with Gasteiger partial charge in [-0.3, -0.25) is 15.2 Å².